The highest BCUT2D eigenvalue weighted by Gasteiger charge is 2.60. The van der Waals surface area contributed by atoms with Gasteiger partial charge in [0.25, 0.3) is 5.79 Å². The Hall–Kier alpha value is -1.70. The van der Waals surface area contributed by atoms with Crippen molar-refractivity contribution >= 4 is 11.9 Å². The number of rotatable bonds is 12. The van der Waals surface area contributed by atoms with Gasteiger partial charge in [-0.2, -0.15) is 0 Å². The van der Waals surface area contributed by atoms with Gasteiger partial charge in [0.1, 0.15) is 67.1 Å². The van der Waals surface area contributed by atoms with Gasteiger partial charge in [-0.3, -0.25) is 4.79 Å². The van der Waals surface area contributed by atoms with Gasteiger partial charge >= 0.3 is 5.97 Å². The van der Waals surface area contributed by atoms with Crippen molar-refractivity contribution in [1.29, 1.82) is 0 Å². The number of carbonyl (C=O) groups is 2. The average molecular weight is 648 g/mol. The van der Waals surface area contributed by atoms with Gasteiger partial charge in [-0.25, -0.2) is 4.79 Å². The third kappa shape index (κ3) is 7.47. The fraction of sp³-hybridized carbons (Fsp3) is 0.917. The minimum Gasteiger partial charge on any atom is -0.477 e. The molecule has 1 unspecified atom stereocenters. The molecule has 3 saturated heterocycles. The number of hydrogen-bond donors (Lipinski definition) is 12. The molecule has 0 aromatic rings. The highest BCUT2D eigenvalue weighted by atomic mass is 16.8. The largest absolute Gasteiger partial charge is 0.477 e. The molecule has 44 heavy (non-hydrogen) atoms. The molecule has 20 heteroatoms. The van der Waals surface area contributed by atoms with Gasteiger partial charge in [0.05, 0.1) is 32.0 Å². The van der Waals surface area contributed by atoms with E-state index in [0.717, 1.165) is 14.0 Å². The zero-order valence-electron chi connectivity index (χ0n) is 23.7. The monoisotopic (exact) mass is 647 g/mol. The Labute approximate surface area is 249 Å². The lowest BCUT2D eigenvalue weighted by Gasteiger charge is -2.51. The standard InChI is InChI=1S/C24H41NO19/c1-7(29)25-12-9(39-2)3-24(23(37)38,43-19(12)13(31)8(30)4-26)44-20-14(32)10(5-27)41-22(17(20)35)42-18-11(6-28)40-21(36)16(34)15(18)33/h8-22,26-28,30-36H,3-6H2,1-2H3,(H,25,29)(H,37,38)/t8-,9+,10-,11-,12-,13-,14+,15-,16-,17-,18-,19-,20+,21?,22+,24+/m1/s1. The molecule has 0 radical (unpaired) electrons. The fourth-order valence-corrected chi connectivity index (χ4v) is 5.37. The lowest BCUT2D eigenvalue weighted by molar-refractivity contribution is -0.385. The molecule has 0 aromatic heterocycles. The Morgan fingerprint density at radius 3 is 2.09 bits per heavy atom. The number of carboxylic acid groups (broad SMARTS) is 1. The number of carboxylic acids is 1. The first kappa shape index (κ1) is 36.8. The van der Waals surface area contributed by atoms with Crippen LogP contribution in [0.25, 0.3) is 0 Å². The minimum absolute atomic E-state index is 0.658. The van der Waals surface area contributed by atoms with E-state index in [1.807, 2.05) is 0 Å². The highest BCUT2D eigenvalue weighted by molar-refractivity contribution is 5.76. The van der Waals surface area contributed by atoms with Crippen molar-refractivity contribution < 1.29 is 94.2 Å². The second-order valence-electron chi connectivity index (χ2n) is 10.7. The van der Waals surface area contributed by atoms with E-state index in [-0.39, 0.29) is 0 Å². The van der Waals surface area contributed by atoms with Gasteiger partial charge in [0, 0.05) is 20.5 Å². The predicted molar refractivity (Wildman–Crippen MR) is 135 cm³/mol. The molecule has 1 amide bonds. The quantitative estimate of drug-likeness (QED) is 0.0935. The lowest BCUT2D eigenvalue weighted by atomic mass is 9.88. The Morgan fingerprint density at radius 1 is 0.932 bits per heavy atom. The number of aliphatic hydroxyl groups excluding tert-OH is 10. The maximum absolute atomic E-state index is 12.7. The van der Waals surface area contributed by atoms with Crippen molar-refractivity contribution in [3.63, 3.8) is 0 Å². The molecule has 20 nitrogen and oxygen atoms in total. The normalized spacial score (nSPS) is 44.5. The van der Waals surface area contributed by atoms with Crippen LogP contribution in [0.15, 0.2) is 0 Å². The fourth-order valence-electron chi connectivity index (χ4n) is 5.37. The maximum Gasteiger partial charge on any atom is 0.364 e. The molecule has 3 rings (SSSR count). The molecule has 0 aromatic carbocycles. The molecule has 0 saturated carbocycles. The molecule has 256 valence electrons. The number of methoxy groups -OCH3 is 1. The Bertz CT molecular complexity index is 958. The number of aliphatic hydroxyl groups is 10. The summed E-state index contributed by atoms with van der Waals surface area (Å²) in [6.07, 6.45) is -26.5. The summed E-state index contributed by atoms with van der Waals surface area (Å²) in [5.41, 5.74) is 0. The zero-order valence-corrected chi connectivity index (χ0v) is 23.7. The topological polar surface area (TPSA) is 324 Å². The van der Waals surface area contributed by atoms with Crippen LogP contribution in [0.5, 0.6) is 0 Å². The van der Waals surface area contributed by atoms with E-state index in [9.17, 15) is 65.8 Å². The first-order valence-corrected chi connectivity index (χ1v) is 13.6. The molecule has 3 aliphatic rings. The summed E-state index contributed by atoms with van der Waals surface area (Å²) in [6, 6.07) is -1.31. The molecular weight excluding hydrogens is 606 g/mol. The van der Waals surface area contributed by atoms with Gasteiger partial charge in [-0.15, -0.1) is 0 Å². The summed E-state index contributed by atoms with van der Waals surface area (Å²) >= 11 is 0. The number of aliphatic carboxylic acids is 1. The minimum atomic E-state index is -2.90. The molecule has 3 aliphatic heterocycles. The van der Waals surface area contributed by atoms with Crippen LogP contribution in [0.1, 0.15) is 13.3 Å². The summed E-state index contributed by atoms with van der Waals surface area (Å²) < 4.78 is 32.6. The van der Waals surface area contributed by atoms with Gasteiger partial charge < -0.3 is 89.9 Å². The van der Waals surface area contributed by atoms with Crippen LogP contribution < -0.4 is 5.32 Å². The third-order valence-electron chi connectivity index (χ3n) is 7.75. The van der Waals surface area contributed by atoms with Crippen molar-refractivity contribution in [1.82, 2.24) is 5.32 Å². The summed E-state index contributed by atoms with van der Waals surface area (Å²) in [7, 11) is 1.13. The molecule has 12 N–H and O–H groups in total. The van der Waals surface area contributed by atoms with Crippen molar-refractivity contribution in [2.45, 2.75) is 111 Å². The Kier molecular flexibility index (Phi) is 12.8. The van der Waals surface area contributed by atoms with Crippen molar-refractivity contribution in [3.05, 3.63) is 0 Å². The second-order valence-corrected chi connectivity index (χ2v) is 10.7. The zero-order chi connectivity index (χ0) is 33.1. The van der Waals surface area contributed by atoms with Crippen LogP contribution in [0.2, 0.25) is 0 Å². The first-order chi connectivity index (χ1) is 20.7. The highest BCUT2D eigenvalue weighted by Crippen LogP contribution is 2.39. The molecule has 0 aliphatic carbocycles. The summed E-state index contributed by atoms with van der Waals surface area (Å²) in [6.45, 7) is -1.70. The predicted octanol–water partition coefficient (Wildman–Crippen LogP) is -7.57. The number of carbonyl (C=O) groups excluding carboxylic acids is 1. The van der Waals surface area contributed by atoms with Gasteiger partial charge in [0.15, 0.2) is 12.6 Å². The van der Waals surface area contributed by atoms with Crippen LogP contribution in [-0.2, 0) is 38.0 Å². The number of ether oxygens (including phenoxy) is 6. The Balaban J connectivity index is 1.97. The summed E-state index contributed by atoms with van der Waals surface area (Å²) in [5, 5.41) is 115. The van der Waals surface area contributed by atoms with Crippen molar-refractivity contribution in [3.8, 4) is 0 Å². The first-order valence-electron chi connectivity index (χ1n) is 13.6. The average Bonchev–Trinajstić information content (AvgIpc) is 2.99. The molecule has 3 fully saturated rings. The van der Waals surface area contributed by atoms with Crippen LogP contribution in [0, 0.1) is 0 Å². The van der Waals surface area contributed by atoms with E-state index in [4.69, 9.17) is 28.4 Å². The van der Waals surface area contributed by atoms with Crippen molar-refractivity contribution in [2.75, 3.05) is 26.9 Å². The lowest BCUT2D eigenvalue weighted by Crippen LogP contribution is -2.71. The van der Waals surface area contributed by atoms with E-state index in [1.165, 1.54) is 0 Å². The molecule has 0 bridgehead atoms. The molecule has 3 heterocycles. The number of nitrogens with one attached hydrogen (secondary N) is 1. The Morgan fingerprint density at radius 2 is 1.57 bits per heavy atom. The van der Waals surface area contributed by atoms with Crippen LogP contribution in [-0.4, -0.2) is 193 Å². The number of hydrogen-bond acceptors (Lipinski definition) is 18. The van der Waals surface area contributed by atoms with Gasteiger partial charge in [-0.05, 0) is 0 Å². The van der Waals surface area contributed by atoms with Crippen molar-refractivity contribution in [2.24, 2.45) is 0 Å². The second kappa shape index (κ2) is 15.3. The maximum atomic E-state index is 12.7. The van der Waals surface area contributed by atoms with E-state index in [1.54, 1.807) is 0 Å². The van der Waals surface area contributed by atoms with Crippen LogP contribution in [0.4, 0.5) is 0 Å². The molecule has 0 spiro atoms. The van der Waals surface area contributed by atoms with E-state index >= 15 is 0 Å². The van der Waals surface area contributed by atoms with E-state index in [0.29, 0.717) is 0 Å². The van der Waals surface area contributed by atoms with Crippen LogP contribution in [0.3, 0.4) is 0 Å². The number of amides is 1. The van der Waals surface area contributed by atoms with Gasteiger partial charge in [0.2, 0.25) is 5.91 Å². The molecular formula is C24H41NO19. The van der Waals surface area contributed by atoms with Crippen LogP contribution >= 0.6 is 0 Å². The van der Waals surface area contributed by atoms with E-state index in [2.05, 4.69) is 5.32 Å². The summed E-state index contributed by atoms with van der Waals surface area (Å²) in [4.78, 5) is 24.6. The third-order valence-corrected chi connectivity index (χ3v) is 7.75. The van der Waals surface area contributed by atoms with Gasteiger partial charge in [-0.1, -0.05) is 0 Å². The summed E-state index contributed by atoms with van der Waals surface area (Å²) in [5.74, 6) is -5.44. The smallest absolute Gasteiger partial charge is 0.364 e. The molecule has 16 atom stereocenters. The van der Waals surface area contributed by atoms with E-state index < -0.39 is 136 Å². The SMILES string of the molecule is CO[C@H]1C[C@](O[C@H]2[C@@H](O)[C@@H](CO)O[C@@H](O[C@H]3[C@H](O)[C@@H](O)C(O)O[C@@H]3CO)[C@@H]2O)(C(=O)O)O[C@@H]([C@H](O)[C@H](O)CO)[C@@H]1NC(C)=O.